The van der Waals surface area contributed by atoms with Gasteiger partial charge in [-0.05, 0) is 37.3 Å². The normalized spacial score (nSPS) is 30.9. The highest BCUT2D eigenvalue weighted by atomic mass is 16.5. The summed E-state index contributed by atoms with van der Waals surface area (Å²) in [6.45, 7) is 1.97. The number of anilines is 1. The molecule has 0 aromatic heterocycles. The number of carbonyl (C=O) groups excluding carboxylic acids is 3. The molecule has 2 bridgehead atoms. The molecule has 1 aliphatic heterocycles. The maximum Gasteiger partial charge on any atom is 0.340 e. The van der Waals surface area contributed by atoms with Crippen LogP contribution in [0.5, 0.6) is 0 Å². The number of hydrogen-bond donors (Lipinski definition) is 0. The molecule has 5 heteroatoms. The van der Waals surface area contributed by atoms with Crippen molar-refractivity contribution in [2.75, 3.05) is 11.5 Å². The van der Waals surface area contributed by atoms with Crippen LogP contribution in [-0.4, -0.2) is 24.4 Å². The van der Waals surface area contributed by atoms with Crippen molar-refractivity contribution in [1.82, 2.24) is 0 Å². The monoisotopic (exact) mass is 311 g/mol. The van der Waals surface area contributed by atoms with Gasteiger partial charge < -0.3 is 4.74 Å². The molecule has 118 valence electrons. The number of nitrogens with zero attached hydrogens (tertiary/aromatic N) is 1. The van der Waals surface area contributed by atoms with Gasteiger partial charge in [-0.3, -0.25) is 9.59 Å². The number of benzene rings is 1. The molecule has 1 aromatic carbocycles. The predicted molar refractivity (Wildman–Crippen MR) is 82.6 cm³/mol. The van der Waals surface area contributed by atoms with Crippen molar-refractivity contribution in [3.8, 4) is 0 Å². The molecule has 1 saturated carbocycles. The van der Waals surface area contributed by atoms with Crippen LogP contribution in [0.25, 0.3) is 0 Å². The maximum atomic E-state index is 12.8. The second-order valence-corrected chi connectivity index (χ2v) is 6.25. The van der Waals surface area contributed by atoms with E-state index in [9.17, 15) is 14.4 Å². The summed E-state index contributed by atoms with van der Waals surface area (Å²) in [5.41, 5.74) is 0.603. The molecular weight excluding hydrogens is 294 g/mol. The number of para-hydroxylation sites is 1. The Bertz CT molecular complexity index is 708. The van der Waals surface area contributed by atoms with Crippen molar-refractivity contribution >= 4 is 23.5 Å². The molecule has 4 rings (SSSR count). The molecule has 3 aliphatic rings. The average molecular weight is 311 g/mol. The van der Waals surface area contributed by atoms with Crippen molar-refractivity contribution in [3.63, 3.8) is 0 Å². The van der Waals surface area contributed by atoms with Crippen molar-refractivity contribution in [2.45, 2.75) is 13.3 Å². The number of fused-ring (bicyclic) bond motifs is 5. The summed E-state index contributed by atoms with van der Waals surface area (Å²) >= 11 is 0. The molecular formula is C18H17NO4. The molecule has 1 heterocycles. The first-order chi connectivity index (χ1) is 11.1. The first-order valence-corrected chi connectivity index (χ1v) is 7.95. The topological polar surface area (TPSA) is 63.7 Å². The lowest BCUT2D eigenvalue weighted by molar-refractivity contribution is -0.123. The van der Waals surface area contributed by atoms with E-state index in [1.165, 1.54) is 4.90 Å². The Morgan fingerprint density at radius 1 is 1.13 bits per heavy atom. The molecule has 1 aromatic rings. The van der Waals surface area contributed by atoms with Crippen molar-refractivity contribution < 1.29 is 19.1 Å². The fourth-order valence-electron chi connectivity index (χ4n) is 4.19. The standard InChI is InChI=1S/C18H17NO4/c1-2-23-18(22)12-5-3-4-6-13(12)19-16(20)14-10-7-8-11(9-10)15(14)17(19)21/h3-8,10-11,14-15H,2,9H2,1H3/t10-,11-,14-,15+/m0/s1. The highest BCUT2D eigenvalue weighted by molar-refractivity contribution is 6.24. The Hall–Kier alpha value is -2.43. The van der Waals surface area contributed by atoms with Crippen molar-refractivity contribution in [2.24, 2.45) is 23.7 Å². The van der Waals surface area contributed by atoms with E-state index in [2.05, 4.69) is 12.2 Å². The lowest BCUT2D eigenvalue weighted by Gasteiger charge is -2.19. The van der Waals surface area contributed by atoms with Gasteiger partial charge in [-0.1, -0.05) is 24.3 Å². The number of imide groups is 1. The van der Waals surface area contributed by atoms with Gasteiger partial charge in [0.05, 0.1) is 29.7 Å². The summed E-state index contributed by atoms with van der Waals surface area (Å²) in [7, 11) is 0. The van der Waals surface area contributed by atoms with Gasteiger partial charge in [0.2, 0.25) is 11.8 Å². The second kappa shape index (κ2) is 5.05. The lowest BCUT2D eigenvalue weighted by Crippen LogP contribution is -2.34. The lowest BCUT2D eigenvalue weighted by atomic mass is 9.85. The summed E-state index contributed by atoms with van der Waals surface area (Å²) in [6, 6.07) is 6.65. The Kier molecular flexibility index (Phi) is 3.11. The van der Waals surface area contributed by atoms with E-state index >= 15 is 0 Å². The van der Waals surface area contributed by atoms with Crippen LogP contribution in [0.4, 0.5) is 5.69 Å². The number of rotatable bonds is 3. The van der Waals surface area contributed by atoms with E-state index in [1.54, 1.807) is 31.2 Å². The summed E-state index contributed by atoms with van der Waals surface area (Å²) in [6.07, 6.45) is 5.00. The summed E-state index contributed by atoms with van der Waals surface area (Å²) in [4.78, 5) is 39.0. The number of ether oxygens (including phenoxy) is 1. The third-order valence-corrected chi connectivity index (χ3v) is 5.11. The van der Waals surface area contributed by atoms with Crippen LogP contribution in [0, 0.1) is 23.7 Å². The zero-order valence-electron chi connectivity index (χ0n) is 12.8. The molecule has 23 heavy (non-hydrogen) atoms. The third kappa shape index (κ3) is 1.89. The zero-order chi connectivity index (χ0) is 16.1. The fourth-order valence-corrected chi connectivity index (χ4v) is 4.19. The van der Waals surface area contributed by atoms with Crippen LogP contribution < -0.4 is 4.90 Å². The molecule has 0 N–H and O–H groups in total. The maximum absolute atomic E-state index is 12.8. The van der Waals surface area contributed by atoms with E-state index < -0.39 is 5.97 Å². The third-order valence-electron chi connectivity index (χ3n) is 5.11. The molecule has 2 amide bonds. The Morgan fingerprint density at radius 2 is 1.74 bits per heavy atom. The molecule has 4 atom stereocenters. The van der Waals surface area contributed by atoms with E-state index in [0.717, 1.165) is 6.42 Å². The zero-order valence-corrected chi connectivity index (χ0v) is 12.8. The minimum absolute atomic E-state index is 0.154. The largest absolute Gasteiger partial charge is 0.462 e. The van der Waals surface area contributed by atoms with Gasteiger partial charge in [0.25, 0.3) is 0 Å². The highest BCUT2D eigenvalue weighted by Crippen LogP contribution is 2.53. The van der Waals surface area contributed by atoms with E-state index in [0.29, 0.717) is 5.69 Å². The summed E-state index contributed by atoms with van der Waals surface area (Å²) in [5, 5.41) is 0. The summed E-state index contributed by atoms with van der Waals surface area (Å²) < 4.78 is 5.05. The molecule has 2 aliphatic carbocycles. The van der Waals surface area contributed by atoms with Crippen LogP contribution in [0.2, 0.25) is 0 Å². The van der Waals surface area contributed by atoms with Crippen LogP contribution in [-0.2, 0) is 14.3 Å². The van der Waals surface area contributed by atoms with Gasteiger partial charge in [0.1, 0.15) is 0 Å². The fraction of sp³-hybridized carbons (Fsp3) is 0.389. The van der Waals surface area contributed by atoms with E-state index in [4.69, 9.17) is 4.74 Å². The van der Waals surface area contributed by atoms with Crippen molar-refractivity contribution in [1.29, 1.82) is 0 Å². The Labute approximate surface area is 133 Å². The smallest absolute Gasteiger partial charge is 0.340 e. The van der Waals surface area contributed by atoms with Gasteiger partial charge in [0, 0.05) is 0 Å². The van der Waals surface area contributed by atoms with Gasteiger partial charge in [-0.15, -0.1) is 0 Å². The van der Waals surface area contributed by atoms with Crippen molar-refractivity contribution in [3.05, 3.63) is 42.0 Å². The minimum Gasteiger partial charge on any atom is -0.462 e. The molecule has 0 radical (unpaired) electrons. The van der Waals surface area contributed by atoms with Crippen LogP contribution in [0.15, 0.2) is 36.4 Å². The van der Waals surface area contributed by atoms with Gasteiger partial charge in [0.15, 0.2) is 0 Å². The first-order valence-electron chi connectivity index (χ1n) is 7.95. The van der Waals surface area contributed by atoms with Crippen LogP contribution in [0.1, 0.15) is 23.7 Å². The molecule has 2 fully saturated rings. The Morgan fingerprint density at radius 3 is 2.35 bits per heavy atom. The number of esters is 1. The van der Waals surface area contributed by atoms with Crippen LogP contribution in [0.3, 0.4) is 0 Å². The minimum atomic E-state index is -0.512. The number of carbonyl (C=O) groups is 3. The van der Waals surface area contributed by atoms with E-state index in [-0.39, 0.29) is 47.7 Å². The van der Waals surface area contributed by atoms with Gasteiger partial charge in [-0.2, -0.15) is 0 Å². The quantitative estimate of drug-likeness (QED) is 0.487. The van der Waals surface area contributed by atoms with Crippen LogP contribution >= 0.6 is 0 Å². The second-order valence-electron chi connectivity index (χ2n) is 6.25. The molecule has 0 spiro atoms. The molecule has 1 saturated heterocycles. The number of hydrogen-bond acceptors (Lipinski definition) is 4. The summed E-state index contributed by atoms with van der Waals surface area (Å²) in [5.74, 6) is -1.12. The molecule has 5 nitrogen and oxygen atoms in total. The number of allylic oxidation sites excluding steroid dienone is 2. The Balaban J connectivity index is 1.74. The first kappa shape index (κ1) is 14.2. The molecule has 0 unspecified atom stereocenters. The number of amides is 2. The van der Waals surface area contributed by atoms with Gasteiger partial charge in [-0.25, -0.2) is 9.69 Å². The SMILES string of the molecule is CCOC(=O)c1ccccc1N1C(=O)[C@@H]2[C@H](C1=O)[C@H]1C=C[C@H]2C1. The van der Waals surface area contributed by atoms with Gasteiger partial charge >= 0.3 is 5.97 Å². The van der Waals surface area contributed by atoms with E-state index in [1.807, 2.05) is 0 Å². The predicted octanol–water partition coefficient (Wildman–Crippen LogP) is 2.17. The highest BCUT2D eigenvalue weighted by Gasteiger charge is 2.59. The average Bonchev–Trinajstić information content (AvgIpc) is 3.22.